The van der Waals surface area contributed by atoms with Crippen LogP contribution in [-0.4, -0.2) is 6.73 Å². The molecule has 4 heteroatoms. The number of halogens is 3. The Morgan fingerprint density at radius 2 is 0.917 bits per heavy atom. The number of rotatable bonds is 2. The molecule has 0 rings (SSSR count). The van der Waals surface area contributed by atoms with Crippen molar-refractivity contribution < 1.29 is 0 Å². The van der Waals surface area contributed by atoms with Crippen LogP contribution in [0.5, 0.6) is 0 Å². The first-order valence-electron chi connectivity index (χ1n) is 4.21. The second kappa shape index (κ2) is 8.67. The lowest BCUT2D eigenvalue weighted by molar-refractivity contribution is 0.316. The van der Waals surface area contributed by atoms with Crippen LogP contribution < -0.4 is 0 Å². The van der Waals surface area contributed by atoms with Crippen molar-refractivity contribution in [1.29, 1.82) is 0 Å². The quantitative estimate of drug-likeness (QED) is 0.504. The van der Waals surface area contributed by atoms with Gasteiger partial charge in [-0.2, -0.15) is 0 Å². The molecule has 0 saturated heterocycles. The molecule has 0 bridgehead atoms. The van der Waals surface area contributed by atoms with Crippen LogP contribution in [0.15, 0.2) is 0 Å². The third-order valence-corrected chi connectivity index (χ3v) is 2.10. The SMILES string of the molecule is CC(C)C(C)C(C)C.Cl[SiH](Cl)Cl. The lowest BCUT2D eigenvalue weighted by atomic mass is 9.88. The Bertz CT molecular complexity index is 83.5. The van der Waals surface area contributed by atoms with Crippen LogP contribution in [0.25, 0.3) is 0 Å². The molecular formula is C8H19Cl3Si. The Morgan fingerprint density at radius 3 is 0.917 bits per heavy atom. The lowest BCUT2D eigenvalue weighted by Crippen LogP contribution is -2.10. The molecule has 12 heavy (non-hydrogen) atoms. The molecule has 0 amide bonds. The summed E-state index contributed by atoms with van der Waals surface area (Å²) in [6.07, 6.45) is 0. The minimum absolute atomic E-state index is 0.843. The van der Waals surface area contributed by atoms with Gasteiger partial charge in [-0.1, -0.05) is 34.6 Å². The molecule has 0 spiro atoms. The molecule has 0 nitrogen and oxygen atoms in total. The maximum Gasteiger partial charge on any atom is 0.326 e. The van der Waals surface area contributed by atoms with Crippen LogP contribution in [0.4, 0.5) is 0 Å². The zero-order valence-corrected chi connectivity index (χ0v) is 11.9. The van der Waals surface area contributed by atoms with E-state index in [9.17, 15) is 0 Å². The third kappa shape index (κ3) is 13.7. The van der Waals surface area contributed by atoms with E-state index < -0.39 is 6.73 Å². The lowest BCUT2D eigenvalue weighted by Gasteiger charge is -2.18. The monoisotopic (exact) mass is 248 g/mol. The average molecular weight is 250 g/mol. The van der Waals surface area contributed by atoms with Crippen LogP contribution >= 0.6 is 33.2 Å². The summed E-state index contributed by atoms with van der Waals surface area (Å²) in [6, 6.07) is 0. The molecule has 0 heterocycles. The van der Waals surface area contributed by atoms with Crippen molar-refractivity contribution >= 4 is 40.0 Å². The van der Waals surface area contributed by atoms with E-state index in [1.165, 1.54) is 0 Å². The predicted octanol–water partition coefficient (Wildman–Crippen LogP) is 4.35. The van der Waals surface area contributed by atoms with Gasteiger partial charge in [0.25, 0.3) is 0 Å². The summed E-state index contributed by atoms with van der Waals surface area (Å²) in [4.78, 5) is 0. The largest absolute Gasteiger partial charge is 0.326 e. The molecule has 0 aromatic heterocycles. The van der Waals surface area contributed by atoms with E-state index >= 15 is 0 Å². The zero-order chi connectivity index (χ0) is 10.3. The van der Waals surface area contributed by atoms with Crippen molar-refractivity contribution in [2.45, 2.75) is 34.6 Å². The molecule has 76 valence electrons. The summed E-state index contributed by atoms with van der Waals surface area (Å²) in [7, 11) is 0. The minimum atomic E-state index is -1.72. The highest BCUT2D eigenvalue weighted by Crippen LogP contribution is 2.18. The van der Waals surface area contributed by atoms with Gasteiger partial charge in [0, 0.05) is 0 Å². The summed E-state index contributed by atoms with van der Waals surface area (Å²) in [5.74, 6) is 2.56. The number of hydrogen-bond donors (Lipinski definition) is 0. The van der Waals surface area contributed by atoms with E-state index in [2.05, 4.69) is 34.6 Å². The molecule has 0 aliphatic rings. The first kappa shape index (κ1) is 15.6. The van der Waals surface area contributed by atoms with E-state index in [4.69, 9.17) is 33.2 Å². The van der Waals surface area contributed by atoms with E-state index in [0.717, 1.165) is 17.8 Å². The maximum atomic E-state index is 4.94. The fourth-order valence-electron chi connectivity index (χ4n) is 0.770. The maximum absolute atomic E-state index is 4.94. The normalized spacial score (nSPS) is 11.0. The molecule has 0 aromatic rings. The highest BCUT2D eigenvalue weighted by Gasteiger charge is 2.09. The van der Waals surface area contributed by atoms with Crippen LogP contribution in [0.3, 0.4) is 0 Å². The summed E-state index contributed by atoms with van der Waals surface area (Å²) < 4.78 is 0. The summed E-state index contributed by atoms with van der Waals surface area (Å²) in [6.45, 7) is 9.72. The molecular weight excluding hydrogens is 231 g/mol. The van der Waals surface area contributed by atoms with Gasteiger partial charge in [-0.3, -0.25) is 0 Å². The molecule has 0 N–H and O–H groups in total. The van der Waals surface area contributed by atoms with Crippen LogP contribution in [0.2, 0.25) is 0 Å². The van der Waals surface area contributed by atoms with Gasteiger partial charge in [0.05, 0.1) is 0 Å². The molecule has 0 fully saturated rings. The molecule has 0 aromatic carbocycles. The van der Waals surface area contributed by atoms with Crippen molar-refractivity contribution in [3.05, 3.63) is 0 Å². The van der Waals surface area contributed by atoms with E-state index in [0.29, 0.717) is 0 Å². The van der Waals surface area contributed by atoms with Gasteiger partial charge in [-0.25, -0.2) is 0 Å². The number of hydrogen-bond acceptors (Lipinski definition) is 0. The fraction of sp³-hybridized carbons (Fsp3) is 1.00. The first-order valence-corrected chi connectivity index (χ1v) is 9.45. The fourth-order valence-corrected chi connectivity index (χ4v) is 0.770. The Kier molecular flexibility index (Phi) is 11.2. The Labute approximate surface area is 92.3 Å². The summed E-state index contributed by atoms with van der Waals surface area (Å²) in [5.41, 5.74) is 0. The van der Waals surface area contributed by atoms with Crippen molar-refractivity contribution in [1.82, 2.24) is 0 Å². The molecule has 0 saturated carbocycles. The van der Waals surface area contributed by atoms with Gasteiger partial charge >= 0.3 is 6.73 Å². The Morgan fingerprint density at radius 1 is 0.750 bits per heavy atom. The smallest absolute Gasteiger partial charge is 0.130 e. The molecule has 0 radical (unpaired) electrons. The van der Waals surface area contributed by atoms with Gasteiger partial charge in [-0.15, -0.1) is 33.2 Å². The average Bonchev–Trinajstić information content (AvgIpc) is 1.84. The predicted molar refractivity (Wildman–Crippen MR) is 63.5 cm³/mol. The highest BCUT2D eigenvalue weighted by molar-refractivity contribution is 7.54. The van der Waals surface area contributed by atoms with Gasteiger partial charge in [0.2, 0.25) is 0 Å². The van der Waals surface area contributed by atoms with Crippen LogP contribution in [0, 0.1) is 17.8 Å². The zero-order valence-electron chi connectivity index (χ0n) is 8.44. The standard InChI is InChI=1S/C8H18.Cl3HSi/c1-6(2)8(5)7(3)4;1-4(2)3/h6-8H,1-5H3;4H. The van der Waals surface area contributed by atoms with Gasteiger partial charge in [-0.05, 0) is 17.8 Å². The summed E-state index contributed by atoms with van der Waals surface area (Å²) in [5, 5.41) is 0. The second-order valence-electron chi connectivity index (χ2n) is 3.59. The highest BCUT2D eigenvalue weighted by atomic mass is 35.8. The molecule has 0 atom stereocenters. The van der Waals surface area contributed by atoms with Crippen LogP contribution in [0.1, 0.15) is 34.6 Å². The molecule has 0 aliphatic carbocycles. The Hall–Kier alpha value is 1.09. The third-order valence-electron chi connectivity index (χ3n) is 2.10. The Balaban J connectivity index is 0. The minimum Gasteiger partial charge on any atom is -0.130 e. The summed E-state index contributed by atoms with van der Waals surface area (Å²) >= 11 is 14.8. The second-order valence-corrected chi connectivity index (χ2v) is 10.0. The van der Waals surface area contributed by atoms with Crippen molar-refractivity contribution in [2.75, 3.05) is 0 Å². The van der Waals surface area contributed by atoms with Crippen molar-refractivity contribution in [2.24, 2.45) is 17.8 Å². The van der Waals surface area contributed by atoms with Crippen molar-refractivity contribution in [3.8, 4) is 0 Å². The van der Waals surface area contributed by atoms with E-state index in [1.54, 1.807) is 0 Å². The topological polar surface area (TPSA) is 0 Å². The van der Waals surface area contributed by atoms with Crippen molar-refractivity contribution in [3.63, 3.8) is 0 Å². The van der Waals surface area contributed by atoms with Gasteiger partial charge in [0.1, 0.15) is 0 Å². The van der Waals surface area contributed by atoms with Crippen LogP contribution in [-0.2, 0) is 0 Å². The van der Waals surface area contributed by atoms with Gasteiger partial charge < -0.3 is 0 Å². The molecule has 0 unspecified atom stereocenters. The van der Waals surface area contributed by atoms with Gasteiger partial charge in [0.15, 0.2) is 0 Å². The van der Waals surface area contributed by atoms with E-state index in [-0.39, 0.29) is 0 Å². The first-order chi connectivity index (χ1) is 5.29. The molecule has 0 aliphatic heterocycles. The van der Waals surface area contributed by atoms with E-state index in [1.807, 2.05) is 0 Å².